The van der Waals surface area contributed by atoms with E-state index >= 15 is 0 Å². The van der Waals surface area contributed by atoms with Gasteiger partial charge in [-0.1, -0.05) is 6.92 Å². The highest BCUT2D eigenvalue weighted by molar-refractivity contribution is 5.82. The van der Waals surface area contributed by atoms with Crippen LogP contribution in [-0.2, 0) is 4.79 Å². The fourth-order valence-electron chi connectivity index (χ4n) is 2.92. The van der Waals surface area contributed by atoms with Gasteiger partial charge in [0.05, 0.1) is 12.1 Å². The van der Waals surface area contributed by atoms with E-state index in [2.05, 4.69) is 23.2 Å². The molecule has 19 heavy (non-hydrogen) atoms. The molecule has 0 spiro atoms. The largest absolute Gasteiger partial charge is 0.339 e. The highest BCUT2D eigenvalue weighted by atomic mass is 16.2. The molecule has 2 atom stereocenters. The van der Waals surface area contributed by atoms with E-state index in [-0.39, 0.29) is 11.9 Å². The lowest BCUT2D eigenvalue weighted by atomic mass is 9.93. The third-order valence-electron chi connectivity index (χ3n) is 4.19. The SMILES string of the molecule is CC1CCNC(C(=O)N2CCN(CCC#N)CC2)C1. The molecule has 0 saturated carbocycles. The smallest absolute Gasteiger partial charge is 0.239 e. The van der Waals surface area contributed by atoms with Crippen LogP contribution >= 0.6 is 0 Å². The summed E-state index contributed by atoms with van der Waals surface area (Å²) in [6.07, 6.45) is 2.72. The first-order valence-electron chi connectivity index (χ1n) is 7.32. The van der Waals surface area contributed by atoms with Gasteiger partial charge in [0.25, 0.3) is 0 Å². The number of nitrogens with one attached hydrogen (secondary N) is 1. The standard InChI is InChI=1S/C14H24N4O/c1-12-3-5-16-13(11-12)14(19)18-9-7-17(8-10-18)6-2-4-15/h12-13,16H,2-3,5-11H2,1H3. The Morgan fingerprint density at radius 3 is 2.74 bits per heavy atom. The first-order valence-corrected chi connectivity index (χ1v) is 7.32. The molecule has 0 bridgehead atoms. The highest BCUT2D eigenvalue weighted by Gasteiger charge is 2.30. The fraction of sp³-hybridized carbons (Fsp3) is 0.857. The molecule has 2 unspecified atom stereocenters. The van der Waals surface area contributed by atoms with Crippen molar-refractivity contribution in [2.45, 2.75) is 32.2 Å². The number of rotatable bonds is 3. The third kappa shape index (κ3) is 3.92. The van der Waals surface area contributed by atoms with Gasteiger partial charge in [0, 0.05) is 39.1 Å². The molecule has 5 nitrogen and oxygen atoms in total. The predicted octanol–water partition coefficient (Wildman–Crippen LogP) is 0.432. The van der Waals surface area contributed by atoms with Crippen molar-refractivity contribution in [2.24, 2.45) is 5.92 Å². The van der Waals surface area contributed by atoms with E-state index < -0.39 is 0 Å². The summed E-state index contributed by atoms with van der Waals surface area (Å²) in [5, 5.41) is 11.9. The second kappa shape index (κ2) is 6.88. The zero-order valence-electron chi connectivity index (χ0n) is 11.8. The summed E-state index contributed by atoms with van der Waals surface area (Å²) >= 11 is 0. The minimum Gasteiger partial charge on any atom is -0.339 e. The van der Waals surface area contributed by atoms with Gasteiger partial charge in [-0.05, 0) is 25.3 Å². The maximum absolute atomic E-state index is 12.4. The van der Waals surface area contributed by atoms with E-state index in [0.717, 1.165) is 45.7 Å². The molecule has 0 aromatic carbocycles. The van der Waals surface area contributed by atoms with Gasteiger partial charge in [0.15, 0.2) is 0 Å². The van der Waals surface area contributed by atoms with Crippen LogP contribution in [0.2, 0.25) is 0 Å². The summed E-state index contributed by atoms with van der Waals surface area (Å²) in [4.78, 5) is 16.7. The monoisotopic (exact) mass is 264 g/mol. The van der Waals surface area contributed by atoms with Crippen LogP contribution in [0.3, 0.4) is 0 Å². The Kier molecular flexibility index (Phi) is 5.17. The molecule has 2 fully saturated rings. The first-order chi connectivity index (χ1) is 9.20. The van der Waals surface area contributed by atoms with Crippen molar-refractivity contribution >= 4 is 5.91 Å². The fourth-order valence-corrected chi connectivity index (χ4v) is 2.92. The minimum absolute atomic E-state index is 0.0226. The van der Waals surface area contributed by atoms with Crippen molar-refractivity contribution in [3.8, 4) is 6.07 Å². The number of hydrogen-bond acceptors (Lipinski definition) is 4. The van der Waals surface area contributed by atoms with Crippen LogP contribution in [0.15, 0.2) is 0 Å². The number of carbonyl (C=O) groups is 1. The molecule has 1 amide bonds. The van der Waals surface area contributed by atoms with Gasteiger partial charge < -0.3 is 10.2 Å². The molecule has 0 aromatic rings. The zero-order valence-corrected chi connectivity index (χ0v) is 11.8. The Hall–Kier alpha value is -1.12. The number of piperazine rings is 1. The molecule has 0 aromatic heterocycles. The summed E-state index contributed by atoms with van der Waals surface area (Å²) < 4.78 is 0. The van der Waals surface area contributed by atoms with Crippen molar-refractivity contribution in [3.63, 3.8) is 0 Å². The van der Waals surface area contributed by atoms with Gasteiger partial charge >= 0.3 is 0 Å². The summed E-state index contributed by atoms with van der Waals surface area (Å²) in [6, 6.07) is 2.20. The van der Waals surface area contributed by atoms with Gasteiger partial charge in [-0.2, -0.15) is 5.26 Å². The zero-order chi connectivity index (χ0) is 13.7. The summed E-state index contributed by atoms with van der Waals surface area (Å²) in [7, 11) is 0. The van der Waals surface area contributed by atoms with Crippen molar-refractivity contribution in [2.75, 3.05) is 39.3 Å². The lowest BCUT2D eigenvalue weighted by molar-refractivity contribution is -0.136. The molecule has 5 heteroatoms. The number of hydrogen-bond donors (Lipinski definition) is 1. The van der Waals surface area contributed by atoms with Crippen LogP contribution in [0, 0.1) is 17.2 Å². The van der Waals surface area contributed by atoms with Crippen molar-refractivity contribution < 1.29 is 4.79 Å². The number of nitrogens with zero attached hydrogens (tertiary/aromatic N) is 3. The van der Waals surface area contributed by atoms with Crippen LogP contribution in [0.25, 0.3) is 0 Å². The van der Waals surface area contributed by atoms with E-state index in [0.29, 0.717) is 12.3 Å². The topological polar surface area (TPSA) is 59.4 Å². The Morgan fingerprint density at radius 1 is 1.37 bits per heavy atom. The van der Waals surface area contributed by atoms with Crippen molar-refractivity contribution in [1.82, 2.24) is 15.1 Å². The maximum Gasteiger partial charge on any atom is 0.239 e. The number of amides is 1. The molecule has 1 N–H and O–H groups in total. The molecule has 2 rings (SSSR count). The Labute approximate surface area is 115 Å². The van der Waals surface area contributed by atoms with Gasteiger partial charge in [0.2, 0.25) is 5.91 Å². The van der Waals surface area contributed by atoms with E-state index in [9.17, 15) is 4.79 Å². The summed E-state index contributed by atoms with van der Waals surface area (Å²) in [6.45, 7) is 7.41. The normalized spacial score (nSPS) is 28.9. The van der Waals surface area contributed by atoms with Crippen molar-refractivity contribution in [1.29, 1.82) is 5.26 Å². The van der Waals surface area contributed by atoms with Gasteiger partial charge in [0.1, 0.15) is 0 Å². The Bertz CT molecular complexity index is 344. The average molecular weight is 264 g/mol. The van der Waals surface area contributed by atoms with Crippen LogP contribution in [0.1, 0.15) is 26.2 Å². The predicted molar refractivity (Wildman–Crippen MR) is 73.4 cm³/mol. The Balaban J connectivity index is 1.77. The molecule has 2 aliphatic rings. The number of piperidine rings is 1. The summed E-state index contributed by atoms with van der Waals surface area (Å²) in [5.41, 5.74) is 0. The molecule has 2 heterocycles. The van der Waals surface area contributed by atoms with Crippen molar-refractivity contribution in [3.05, 3.63) is 0 Å². The Morgan fingerprint density at radius 2 is 2.11 bits per heavy atom. The molecular formula is C14H24N4O. The average Bonchev–Trinajstić information content (AvgIpc) is 2.45. The van der Waals surface area contributed by atoms with E-state index in [4.69, 9.17) is 5.26 Å². The highest BCUT2D eigenvalue weighted by Crippen LogP contribution is 2.17. The van der Waals surface area contributed by atoms with Crippen LogP contribution < -0.4 is 5.32 Å². The minimum atomic E-state index is 0.0226. The quantitative estimate of drug-likeness (QED) is 0.803. The van der Waals surface area contributed by atoms with E-state index in [1.54, 1.807) is 0 Å². The molecule has 106 valence electrons. The number of nitriles is 1. The van der Waals surface area contributed by atoms with E-state index in [1.165, 1.54) is 6.42 Å². The molecule has 2 saturated heterocycles. The van der Waals surface area contributed by atoms with Gasteiger partial charge in [-0.3, -0.25) is 9.69 Å². The lowest BCUT2D eigenvalue weighted by Gasteiger charge is -2.37. The summed E-state index contributed by atoms with van der Waals surface area (Å²) in [5.74, 6) is 0.915. The van der Waals surface area contributed by atoms with E-state index in [1.807, 2.05) is 4.90 Å². The second-order valence-corrected chi connectivity index (χ2v) is 5.71. The molecule has 0 aliphatic carbocycles. The van der Waals surface area contributed by atoms with Crippen LogP contribution in [0.5, 0.6) is 0 Å². The third-order valence-corrected chi connectivity index (χ3v) is 4.19. The molecule has 2 aliphatic heterocycles. The molecule has 0 radical (unpaired) electrons. The second-order valence-electron chi connectivity index (χ2n) is 5.71. The molecular weight excluding hydrogens is 240 g/mol. The lowest BCUT2D eigenvalue weighted by Crippen LogP contribution is -2.55. The van der Waals surface area contributed by atoms with Crippen LogP contribution in [0.4, 0.5) is 0 Å². The first kappa shape index (κ1) is 14.3. The number of carbonyl (C=O) groups excluding carboxylic acids is 1. The van der Waals surface area contributed by atoms with Gasteiger partial charge in [-0.15, -0.1) is 0 Å². The van der Waals surface area contributed by atoms with Gasteiger partial charge in [-0.25, -0.2) is 0 Å². The maximum atomic E-state index is 12.4. The van der Waals surface area contributed by atoms with Crippen LogP contribution in [-0.4, -0.2) is 61.0 Å².